The number of aliphatic hydroxyl groups is 1. The SMILES string of the molecule is Cc1ccc(-n2nc(C)c(NC(=O)CN3CCCC(O)C3)c2C)cc1. The Morgan fingerprint density at radius 1 is 1.28 bits per heavy atom. The summed E-state index contributed by atoms with van der Waals surface area (Å²) >= 11 is 0. The van der Waals surface area contributed by atoms with Crippen LogP contribution in [0.4, 0.5) is 5.69 Å². The first-order valence-corrected chi connectivity index (χ1v) is 8.77. The predicted molar refractivity (Wildman–Crippen MR) is 98.1 cm³/mol. The number of aromatic nitrogens is 2. The Morgan fingerprint density at radius 2 is 2.00 bits per heavy atom. The molecule has 2 N–H and O–H groups in total. The fourth-order valence-electron chi connectivity index (χ4n) is 3.32. The molecule has 1 fully saturated rings. The molecule has 1 unspecified atom stereocenters. The van der Waals surface area contributed by atoms with Crippen LogP contribution in [0.15, 0.2) is 24.3 Å². The van der Waals surface area contributed by atoms with Crippen LogP contribution in [0.25, 0.3) is 5.69 Å². The van der Waals surface area contributed by atoms with Gasteiger partial charge < -0.3 is 10.4 Å². The zero-order valence-corrected chi connectivity index (χ0v) is 15.1. The molecule has 1 aliphatic heterocycles. The maximum atomic E-state index is 12.4. The monoisotopic (exact) mass is 342 g/mol. The van der Waals surface area contributed by atoms with Crippen LogP contribution in [0.3, 0.4) is 0 Å². The van der Waals surface area contributed by atoms with E-state index in [0.717, 1.165) is 42.1 Å². The van der Waals surface area contributed by atoms with Gasteiger partial charge in [0.1, 0.15) is 0 Å². The standard InChI is InChI=1S/C19H26N4O2/c1-13-6-8-16(9-7-13)23-15(3)19(14(2)21-23)20-18(25)12-22-10-4-5-17(24)11-22/h6-9,17,24H,4-5,10-12H2,1-3H3,(H,20,25). The highest BCUT2D eigenvalue weighted by Crippen LogP contribution is 2.23. The largest absolute Gasteiger partial charge is 0.392 e. The van der Waals surface area contributed by atoms with E-state index in [1.54, 1.807) is 0 Å². The summed E-state index contributed by atoms with van der Waals surface area (Å²) in [7, 11) is 0. The predicted octanol–water partition coefficient (Wildman–Crippen LogP) is 2.19. The van der Waals surface area contributed by atoms with Gasteiger partial charge in [-0.2, -0.15) is 5.10 Å². The molecule has 1 amide bonds. The van der Waals surface area contributed by atoms with Crippen molar-refractivity contribution in [2.45, 2.75) is 39.7 Å². The first-order chi connectivity index (χ1) is 11.9. The fourth-order valence-corrected chi connectivity index (χ4v) is 3.32. The number of piperidine rings is 1. The van der Waals surface area contributed by atoms with Gasteiger partial charge in [-0.1, -0.05) is 17.7 Å². The second-order valence-electron chi connectivity index (χ2n) is 6.87. The summed E-state index contributed by atoms with van der Waals surface area (Å²) in [6, 6.07) is 8.14. The molecule has 0 radical (unpaired) electrons. The second-order valence-corrected chi connectivity index (χ2v) is 6.87. The average Bonchev–Trinajstić information content (AvgIpc) is 2.84. The molecule has 0 saturated carbocycles. The van der Waals surface area contributed by atoms with Crippen molar-refractivity contribution in [3.05, 3.63) is 41.2 Å². The van der Waals surface area contributed by atoms with Gasteiger partial charge in [0.05, 0.1) is 35.4 Å². The van der Waals surface area contributed by atoms with E-state index in [9.17, 15) is 9.90 Å². The Morgan fingerprint density at radius 3 is 2.68 bits per heavy atom. The Bertz CT molecular complexity index is 752. The molecule has 0 bridgehead atoms. The van der Waals surface area contributed by atoms with Crippen molar-refractivity contribution in [2.24, 2.45) is 0 Å². The van der Waals surface area contributed by atoms with E-state index in [2.05, 4.69) is 10.4 Å². The molecule has 25 heavy (non-hydrogen) atoms. The number of nitrogens with one attached hydrogen (secondary N) is 1. The minimum Gasteiger partial charge on any atom is -0.392 e. The maximum Gasteiger partial charge on any atom is 0.238 e. The molecule has 3 rings (SSSR count). The lowest BCUT2D eigenvalue weighted by atomic mass is 10.1. The van der Waals surface area contributed by atoms with Crippen LogP contribution in [0.2, 0.25) is 0 Å². The van der Waals surface area contributed by atoms with Crippen molar-refractivity contribution >= 4 is 11.6 Å². The van der Waals surface area contributed by atoms with Gasteiger partial charge in [-0.25, -0.2) is 4.68 Å². The minimum absolute atomic E-state index is 0.0660. The molecule has 1 saturated heterocycles. The van der Waals surface area contributed by atoms with E-state index in [1.165, 1.54) is 5.56 Å². The molecule has 6 heteroatoms. The van der Waals surface area contributed by atoms with Gasteiger partial charge in [0.15, 0.2) is 0 Å². The van der Waals surface area contributed by atoms with Gasteiger partial charge in [-0.15, -0.1) is 0 Å². The van der Waals surface area contributed by atoms with Crippen LogP contribution < -0.4 is 5.32 Å². The summed E-state index contributed by atoms with van der Waals surface area (Å²) in [6.07, 6.45) is 1.42. The molecule has 1 atom stereocenters. The molecular formula is C19H26N4O2. The van der Waals surface area contributed by atoms with Crippen LogP contribution >= 0.6 is 0 Å². The van der Waals surface area contributed by atoms with Gasteiger partial charge in [-0.05, 0) is 52.3 Å². The van der Waals surface area contributed by atoms with Crippen LogP contribution in [0.1, 0.15) is 29.8 Å². The number of carbonyl (C=O) groups is 1. The summed E-state index contributed by atoms with van der Waals surface area (Å²) in [6.45, 7) is 7.62. The van der Waals surface area contributed by atoms with Crippen LogP contribution in [0, 0.1) is 20.8 Å². The quantitative estimate of drug-likeness (QED) is 0.894. The van der Waals surface area contributed by atoms with E-state index < -0.39 is 0 Å². The highest BCUT2D eigenvalue weighted by Gasteiger charge is 2.21. The van der Waals surface area contributed by atoms with Gasteiger partial charge in [0.2, 0.25) is 5.91 Å². The molecule has 1 aromatic heterocycles. The molecule has 2 heterocycles. The van der Waals surface area contributed by atoms with Crippen molar-refractivity contribution in [2.75, 3.05) is 25.0 Å². The van der Waals surface area contributed by atoms with Gasteiger partial charge in [0, 0.05) is 6.54 Å². The number of amides is 1. The van der Waals surface area contributed by atoms with Crippen molar-refractivity contribution in [1.82, 2.24) is 14.7 Å². The number of β-amino-alcohol motifs (C(OH)–C–C–N with tert-alkyl or cyclic N) is 1. The number of aryl methyl sites for hydroxylation is 2. The number of hydrogen-bond donors (Lipinski definition) is 2. The number of hydrogen-bond acceptors (Lipinski definition) is 4. The first kappa shape index (κ1) is 17.6. The van der Waals surface area contributed by atoms with Crippen molar-refractivity contribution in [3.8, 4) is 5.69 Å². The molecule has 1 aromatic carbocycles. The summed E-state index contributed by atoms with van der Waals surface area (Å²) in [5.41, 5.74) is 4.65. The lowest BCUT2D eigenvalue weighted by Gasteiger charge is -2.29. The third-order valence-electron chi connectivity index (χ3n) is 4.68. The number of aliphatic hydroxyl groups excluding tert-OH is 1. The maximum absolute atomic E-state index is 12.4. The molecule has 2 aromatic rings. The second kappa shape index (κ2) is 7.37. The van der Waals surface area contributed by atoms with E-state index in [0.29, 0.717) is 13.1 Å². The topological polar surface area (TPSA) is 70.4 Å². The summed E-state index contributed by atoms with van der Waals surface area (Å²) in [5.74, 6) is -0.0660. The number of nitrogens with zero attached hydrogens (tertiary/aromatic N) is 3. The van der Waals surface area contributed by atoms with Crippen molar-refractivity contribution < 1.29 is 9.90 Å². The number of likely N-dealkylation sites (tertiary alicyclic amines) is 1. The van der Waals surface area contributed by atoms with Crippen molar-refractivity contribution in [1.29, 1.82) is 0 Å². The van der Waals surface area contributed by atoms with Crippen LogP contribution in [-0.2, 0) is 4.79 Å². The van der Waals surface area contributed by atoms with Crippen molar-refractivity contribution in [3.63, 3.8) is 0 Å². The van der Waals surface area contributed by atoms with Gasteiger partial charge in [0.25, 0.3) is 0 Å². The first-order valence-electron chi connectivity index (χ1n) is 8.77. The van der Waals surface area contributed by atoms with E-state index in [4.69, 9.17) is 0 Å². The van der Waals surface area contributed by atoms with Crippen LogP contribution in [0.5, 0.6) is 0 Å². The normalized spacial score (nSPS) is 18.3. The lowest BCUT2D eigenvalue weighted by molar-refractivity contribution is -0.118. The number of benzene rings is 1. The third kappa shape index (κ3) is 4.08. The minimum atomic E-state index is -0.325. The molecule has 0 spiro atoms. The molecule has 134 valence electrons. The van der Waals surface area contributed by atoms with E-state index in [1.807, 2.05) is 54.6 Å². The smallest absolute Gasteiger partial charge is 0.238 e. The summed E-state index contributed by atoms with van der Waals surface area (Å²) in [4.78, 5) is 14.4. The van der Waals surface area contributed by atoms with E-state index in [-0.39, 0.29) is 12.0 Å². The molecule has 1 aliphatic rings. The van der Waals surface area contributed by atoms with Gasteiger partial charge in [-0.3, -0.25) is 9.69 Å². The average molecular weight is 342 g/mol. The highest BCUT2D eigenvalue weighted by atomic mass is 16.3. The number of anilines is 1. The summed E-state index contributed by atoms with van der Waals surface area (Å²) < 4.78 is 1.86. The highest BCUT2D eigenvalue weighted by molar-refractivity contribution is 5.93. The number of carbonyl (C=O) groups excluding carboxylic acids is 1. The fraction of sp³-hybridized carbons (Fsp3) is 0.474. The molecule has 6 nitrogen and oxygen atoms in total. The third-order valence-corrected chi connectivity index (χ3v) is 4.68. The zero-order valence-electron chi connectivity index (χ0n) is 15.1. The number of rotatable bonds is 4. The Hall–Kier alpha value is -2.18. The molecular weight excluding hydrogens is 316 g/mol. The molecule has 0 aliphatic carbocycles. The lowest BCUT2D eigenvalue weighted by Crippen LogP contribution is -2.42. The van der Waals surface area contributed by atoms with E-state index >= 15 is 0 Å². The Labute approximate surface area is 148 Å². The Balaban J connectivity index is 1.72. The Kier molecular flexibility index (Phi) is 5.20. The van der Waals surface area contributed by atoms with Crippen LogP contribution in [-0.4, -0.2) is 51.4 Å². The summed E-state index contributed by atoms with van der Waals surface area (Å²) in [5, 5.41) is 17.3. The van der Waals surface area contributed by atoms with Gasteiger partial charge >= 0.3 is 0 Å². The zero-order chi connectivity index (χ0) is 18.0.